The highest BCUT2D eigenvalue weighted by Gasteiger charge is 2.10. The van der Waals surface area contributed by atoms with Gasteiger partial charge in [0.05, 0.1) is 6.61 Å². The molecule has 0 aliphatic rings. The predicted octanol–water partition coefficient (Wildman–Crippen LogP) is 1.84. The van der Waals surface area contributed by atoms with Crippen molar-refractivity contribution in [3.63, 3.8) is 0 Å². The number of nitrogens with one attached hydrogen (secondary N) is 1. The second-order valence-electron chi connectivity index (χ2n) is 2.55. The Hall–Kier alpha value is -0.650. The Balaban J connectivity index is 2.92. The molecule has 2 heterocycles. The predicted molar refractivity (Wildman–Crippen MR) is 56.1 cm³/mol. The molecule has 2 aromatic rings. The summed E-state index contributed by atoms with van der Waals surface area (Å²) in [6, 6.07) is 1.82. The van der Waals surface area contributed by atoms with Gasteiger partial charge in [-0.3, -0.25) is 4.79 Å². The molecular formula is C8H6BrNO2S. The van der Waals surface area contributed by atoms with Crippen molar-refractivity contribution in [2.45, 2.75) is 6.61 Å². The minimum atomic E-state index is -0.108. The third-order valence-corrected chi connectivity index (χ3v) is 4.12. The molecule has 0 aromatic carbocycles. The first-order valence-corrected chi connectivity index (χ1v) is 5.24. The molecule has 2 N–H and O–H groups in total. The Kier molecular flexibility index (Phi) is 2.23. The molecule has 2 rings (SSSR count). The Labute approximate surface area is 86.2 Å². The first kappa shape index (κ1) is 8.93. The summed E-state index contributed by atoms with van der Waals surface area (Å²) in [5.41, 5.74) is -0.108. The van der Waals surface area contributed by atoms with Crippen LogP contribution in [0.25, 0.3) is 10.1 Å². The maximum Gasteiger partial charge on any atom is 0.265 e. The van der Waals surface area contributed by atoms with E-state index in [9.17, 15) is 4.79 Å². The molecule has 0 saturated carbocycles. The van der Waals surface area contributed by atoms with Crippen molar-refractivity contribution in [3.8, 4) is 0 Å². The second-order valence-corrected chi connectivity index (χ2v) is 4.45. The van der Waals surface area contributed by atoms with E-state index in [0.29, 0.717) is 4.70 Å². The summed E-state index contributed by atoms with van der Waals surface area (Å²) in [5.74, 6) is 0. The third-order valence-electron chi connectivity index (χ3n) is 1.77. The lowest BCUT2D eigenvalue weighted by Crippen LogP contribution is -2.01. The van der Waals surface area contributed by atoms with E-state index in [2.05, 4.69) is 20.9 Å². The summed E-state index contributed by atoms with van der Waals surface area (Å²) in [5, 5.41) is 9.84. The van der Waals surface area contributed by atoms with Gasteiger partial charge in [-0.2, -0.15) is 0 Å². The van der Waals surface area contributed by atoms with Gasteiger partial charge >= 0.3 is 0 Å². The Morgan fingerprint density at radius 1 is 1.62 bits per heavy atom. The van der Waals surface area contributed by atoms with E-state index >= 15 is 0 Å². The van der Waals surface area contributed by atoms with Crippen molar-refractivity contribution >= 4 is 37.4 Å². The van der Waals surface area contributed by atoms with Gasteiger partial charge in [0, 0.05) is 20.9 Å². The van der Waals surface area contributed by atoms with E-state index in [1.54, 1.807) is 6.20 Å². The van der Waals surface area contributed by atoms with Crippen molar-refractivity contribution in [1.82, 2.24) is 4.98 Å². The number of aliphatic hydroxyl groups excluding tert-OH is 1. The Morgan fingerprint density at radius 3 is 3.00 bits per heavy atom. The lowest BCUT2D eigenvalue weighted by molar-refractivity contribution is 0.285. The van der Waals surface area contributed by atoms with Gasteiger partial charge in [-0.1, -0.05) is 0 Å². The number of pyridine rings is 1. The number of hydrogen-bond donors (Lipinski definition) is 2. The number of thiophene rings is 1. The molecule has 0 saturated heterocycles. The van der Waals surface area contributed by atoms with Crippen LogP contribution in [0, 0.1) is 0 Å². The summed E-state index contributed by atoms with van der Waals surface area (Å²) < 4.78 is 1.47. The van der Waals surface area contributed by atoms with Gasteiger partial charge in [0.15, 0.2) is 0 Å². The average molecular weight is 260 g/mol. The van der Waals surface area contributed by atoms with Crippen LogP contribution in [0.1, 0.15) is 4.88 Å². The number of halogens is 1. The number of fused-ring (bicyclic) bond motifs is 1. The maximum atomic E-state index is 11.3. The Morgan fingerprint density at radius 2 is 2.38 bits per heavy atom. The van der Waals surface area contributed by atoms with Crippen LogP contribution >= 0.6 is 27.3 Å². The lowest BCUT2D eigenvalue weighted by Gasteiger charge is -1.88. The first-order valence-electron chi connectivity index (χ1n) is 3.63. The van der Waals surface area contributed by atoms with Gasteiger partial charge in [-0.15, -0.1) is 11.3 Å². The highest BCUT2D eigenvalue weighted by molar-refractivity contribution is 9.10. The molecule has 0 atom stereocenters. The molecule has 2 aromatic heterocycles. The Bertz CT molecular complexity index is 502. The molecule has 0 amide bonds. The molecule has 0 fully saturated rings. The van der Waals surface area contributed by atoms with Crippen LogP contribution in [0.15, 0.2) is 21.5 Å². The van der Waals surface area contributed by atoms with Crippen LogP contribution < -0.4 is 5.56 Å². The number of rotatable bonds is 1. The largest absolute Gasteiger partial charge is 0.391 e. The highest BCUT2D eigenvalue weighted by Crippen LogP contribution is 2.33. The zero-order valence-electron chi connectivity index (χ0n) is 6.50. The smallest absolute Gasteiger partial charge is 0.265 e. The number of aliphatic hydroxyl groups is 1. The quantitative estimate of drug-likeness (QED) is 0.822. The minimum absolute atomic E-state index is 0.0423. The van der Waals surface area contributed by atoms with Crippen molar-refractivity contribution in [2.24, 2.45) is 0 Å². The van der Waals surface area contributed by atoms with Gasteiger partial charge < -0.3 is 10.1 Å². The van der Waals surface area contributed by atoms with Gasteiger partial charge in [-0.25, -0.2) is 0 Å². The van der Waals surface area contributed by atoms with Gasteiger partial charge in [0.1, 0.15) is 4.70 Å². The molecule has 0 aliphatic heterocycles. The van der Waals surface area contributed by atoms with Gasteiger partial charge in [0.2, 0.25) is 0 Å². The molecule has 3 nitrogen and oxygen atoms in total. The van der Waals surface area contributed by atoms with Crippen molar-refractivity contribution < 1.29 is 5.11 Å². The van der Waals surface area contributed by atoms with Gasteiger partial charge in [-0.05, 0) is 22.0 Å². The van der Waals surface area contributed by atoms with Crippen molar-refractivity contribution in [3.05, 3.63) is 32.0 Å². The summed E-state index contributed by atoms with van der Waals surface area (Å²) in [6.45, 7) is -0.0423. The second kappa shape index (κ2) is 3.25. The van der Waals surface area contributed by atoms with E-state index in [1.807, 2.05) is 6.07 Å². The van der Waals surface area contributed by atoms with E-state index in [0.717, 1.165) is 14.7 Å². The van der Waals surface area contributed by atoms with Crippen LogP contribution in [0.5, 0.6) is 0 Å². The van der Waals surface area contributed by atoms with Crippen LogP contribution in [-0.2, 0) is 6.61 Å². The zero-order valence-corrected chi connectivity index (χ0v) is 8.91. The molecule has 0 aliphatic carbocycles. The molecule has 68 valence electrons. The van der Waals surface area contributed by atoms with Crippen LogP contribution in [-0.4, -0.2) is 10.1 Å². The van der Waals surface area contributed by atoms with Crippen molar-refractivity contribution in [1.29, 1.82) is 0 Å². The van der Waals surface area contributed by atoms with E-state index < -0.39 is 0 Å². The summed E-state index contributed by atoms with van der Waals surface area (Å²) in [4.78, 5) is 14.7. The topological polar surface area (TPSA) is 53.1 Å². The van der Waals surface area contributed by atoms with E-state index in [4.69, 9.17) is 5.11 Å². The summed E-state index contributed by atoms with van der Waals surface area (Å²) in [6.07, 6.45) is 1.60. The van der Waals surface area contributed by atoms with E-state index in [-0.39, 0.29) is 12.2 Å². The SMILES string of the molecule is O=c1[nH]ccc2c(Br)c(CO)sc12. The highest BCUT2D eigenvalue weighted by atomic mass is 79.9. The molecule has 0 bridgehead atoms. The fourth-order valence-corrected chi connectivity index (χ4v) is 2.93. The number of hydrogen-bond acceptors (Lipinski definition) is 3. The van der Waals surface area contributed by atoms with Crippen LogP contribution in [0.2, 0.25) is 0 Å². The fourth-order valence-electron chi connectivity index (χ4n) is 1.16. The normalized spacial score (nSPS) is 10.9. The maximum absolute atomic E-state index is 11.3. The zero-order chi connectivity index (χ0) is 9.42. The first-order chi connectivity index (χ1) is 6.24. The van der Waals surface area contributed by atoms with E-state index in [1.165, 1.54) is 11.3 Å². The molecule has 13 heavy (non-hydrogen) atoms. The number of H-pyrrole nitrogens is 1. The fraction of sp³-hybridized carbons (Fsp3) is 0.125. The monoisotopic (exact) mass is 259 g/mol. The van der Waals surface area contributed by atoms with Gasteiger partial charge in [0.25, 0.3) is 5.56 Å². The lowest BCUT2D eigenvalue weighted by atomic mass is 10.3. The molecule has 5 heteroatoms. The molecule has 0 unspecified atom stereocenters. The third kappa shape index (κ3) is 1.33. The molecular weight excluding hydrogens is 254 g/mol. The number of aromatic amines is 1. The standard InChI is InChI=1S/C8H6BrNO2S/c9-6-4-1-2-10-8(12)7(4)13-5(6)3-11/h1-2,11H,3H2,(H,10,12). The minimum Gasteiger partial charge on any atom is -0.391 e. The number of aromatic nitrogens is 1. The molecule has 0 spiro atoms. The summed E-state index contributed by atoms with van der Waals surface area (Å²) >= 11 is 4.65. The van der Waals surface area contributed by atoms with Crippen LogP contribution in [0.3, 0.4) is 0 Å². The average Bonchev–Trinajstić information content (AvgIpc) is 2.45. The molecule has 0 radical (unpaired) electrons. The van der Waals surface area contributed by atoms with Crippen molar-refractivity contribution in [2.75, 3.05) is 0 Å². The summed E-state index contributed by atoms with van der Waals surface area (Å²) in [7, 11) is 0. The van der Waals surface area contributed by atoms with Crippen LogP contribution in [0.4, 0.5) is 0 Å².